The van der Waals surface area contributed by atoms with E-state index in [1.807, 2.05) is 0 Å². The van der Waals surface area contributed by atoms with Crippen LogP contribution in [0.1, 0.15) is 10.4 Å². The second kappa shape index (κ2) is 5.71. The Hall–Kier alpha value is -2.12. The number of primary amides is 1. The van der Waals surface area contributed by atoms with Crippen molar-refractivity contribution in [2.24, 2.45) is 5.73 Å². The van der Waals surface area contributed by atoms with Crippen molar-refractivity contribution >= 4 is 33.2 Å². The maximum absolute atomic E-state index is 13.5. The molecule has 0 heterocycles. The number of hydrogen-bond donors (Lipinski definition) is 2. The Morgan fingerprint density at radius 3 is 2.48 bits per heavy atom. The molecule has 21 heavy (non-hydrogen) atoms. The number of rotatable bonds is 4. The van der Waals surface area contributed by atoms with Crippen LogP contribution in [0, 0.1) is 5.82 Å². The van der Waals surface area contributed by atoms with Crippen LogP contribution in [0.4, 0.5) is 10.1 Å². The molecule has 0 aliphatic rings. The fourth-order valence-corrected chi connectivity index (χ4v) is 2.99. The number of halogens is 2. The van der Waals surface area contributed by atoms with E-state index in [0.29, 0.717) is 0 Å². The van der Waals surface area contributed by atoms with Gasteiger partial charge in [-0.3, -0.25) is 9.52 Å². The number of benzene rings is 2. The molecule has 5 nitrogen and oxygen atoms in total. The first-order valence-corrected chi connectivity index (χ1v) is 7.54. The highest BCUT2D eigenvalue weighted by atomic mass is 35.5. The van der Waals surface area contributed by atoms with Crippen LogP contribution in [0.25, 0.3) is 0 Å². The van der Waals surface area contributed by atoms with Crippen LogP contribution in [0.5, 0.6) is 0 Å². The molecule has 3 N–H and O–H groups in total. The average Bonchev–Trinajstić information content (AvgIpc) is 2.40. The second-order valence-electron chi connectivity index (χ2n) is 4.09. The Labute approximate surface area is 125 Å². The monoisotopic (exact) mass is 328 g/mol. The molecular formula is C13H10ClFN2O3S. The number of hydrogen-bond acceptors (Lipinski definition) is 3. The maximum atomic E-state index is 13.5. The highest BCUT2D eigenvalue weighted by Gasteiger charge is 2.19. The third kappa shape index (κ3) is 3.32. The number of anilines is 1. The van der Waals surface area contributed by atoms with Gasteiger partial charge in [0, 0.05) is 5.69 Å². The second-order valence-corrected chi connectivity index (χ2v) is 6.15. The minimum Gasteiger partial charge on any atom is -0.366 e. The number of nitrogens with one attached hydrogen (secondary N) is 1. The summed E-state index contributed by atoms with van der Waals surface area (Å²) in [6.45, 7) is 0. The molecule has 0 bridgehead atoms. The summed E-state index contributed by atoms with van der Waals surface area (Å²) in [5.74, 6) is -1.68. The first-order chi connectivity index (χ1) is 9.81. The SMILES string of the molecule is NC(=O)c1cc(NS(=O)(=O)c2ccccc2F)ccc1Cl. The van der Waals surface area contributed by atoms with Crippen molar-refractivity contribution in [3.8, 4) is 0 Å². The predicted octanol–water partition coefficient (Wildman–Crippen LogP) is 2.38. The Morgan fingerprint density at radius 2 is 1.86 bits per heavy atom. The van der Waals surface area contributed by atoms with E-state index in [2.05, 4.69) is 4.72 Å². The van der Waals surface area contributed by atoms with Gasteiger partial charge in [-0.1, -0.05) is 23.7 Å². The molecule has 0 atom stereocenters. The molecule has 0 radical (unpaired) electrons. The van der Waals surface area contributed by atoms with Crippen LogP contribution in [-0.4, -0.2) is 14.3 Å². The summed E-state index contributed by atoms with van der Waals surface area (Å²) in [7, 11) is -4.12. The lowest BCUT2D eigenvalue weighted by Gasteiger charge is -2.10. The van der Waals surface area contributed by atoms with Crippen molar-refractivity contribution in [1.82, 2.24) is 0 Å². The lowest BCUT2D eigenvalue weighted by atomic mass is 10.2. The van der Waals surface area contributed by atoms with Crippen LogP contribution in [-0.2, 0) is 10.0 Å². The Morgan fingerprint density at radius 1 is 1.19 bits per heavy atom. The van der Waals surface area contributed by atoms with Gasteiger partial charge in [0.15, 0.2) is 0 Å². The standard InChI is InChI=1S/C13H10ClFN2O3S/c14-10-6-5-8(7-9(10)13(16)18)17-21(19,20)12-4-2-1-3-11(12)15/h1-7,17H,(H2,16,18). The maximum Gasteiger partial charge on any atom is 0.264 e. The number of amides is 1. The van der Waals surface area contributed by atoms with E-state index in [9.17, 15) is 17.6 Å². The van der Waals surface area contributed by atoms with Gasteiger partial charge in [0.1, 0.15) is 10.7 Å². The molecule has 0 aromatic heterocycles. The van der Waals surface area contributed by atoms with Gasteiger partial charge >= 0.3 is 0 Å². The van der Waals surface area contributed by atoms with Crippen LogP contribution in [0.3, 0.4) is 0 Å². The Bertz CT molecular complexity index is 809. The van der Waals surface area contributed by atoms with Gasteiger partial charge in [-0.2, -0.15) is 0 Å². The first kappa shape index (κ1) is 15.3. The third-order valence-electron chi connectivity index (χ3n) is 2.61. The van der Waals surface area contributed by atoms with Crippen LogP contribution in [0.15, 0.2) is 47.4 Å². The van der Waals surface area contributed by atoms with Crippen LogP contribution in [0.2, 0.25) is 5.02 Å². The van der Waals surface area contributed by atoms with Gasteiger partial charge in [-0.25, -0.2) is 12.8 Å². The topological polar surface area (TPSA) is 89.3 Å². The summed E-state index contributed by atoms with van der Waals surface area (Å²) in [5.41, 5.74) is 5.14. The van der Waals surface area contributed by atoms with Gasteiger partial charge in [0.25, 0.3) is 10.0 Å². The largest absolute Gasteiger partial charge is 0.366 e. The summed E-state index contributed by atoms with van der Waals surface area (Å²) in [5, 5.41) is 0.0938. The zero-order chi connectivity index (χ0) is 15.6. The summed E-state index contributed by atoms with van der Waals surface area (Å²) in [4.78, 5) is 10.7. The molecular weight excluding hydrogens is 319 g/mol. The van der Waals surface area contributed by atoms with E-state index in [1.54, 1.807) is 0 Å². The molecule has 0 unspecified atom stereocenters. The van der Waals surface area contributed by atoms with Crippen molar-refractivity contribution in [1.29, 1.82) is 0 Å². The highest BCUT2D eigenvalue weighted by Crippen LogP contribution is 2.23. The van der Waals surface area contributed by atoms with Gasteiger partial charge in [-0.05, 0) is 30.3 Å². The van der Waals surface area contributed by atoms with E-state index in [0.717, 1.165) is 12.1 Å². The average molecular weight is 329 g/mol. The van der Waals surface area contributed by atoms with Gasteiger partial charge in [0.2, 0.25) is 5.91 Å². The molecule has 0 saturated carbocycles. The predicted molar refractivity (Wildman–Crippen MR) is 77.2 cm³/mol. The Balaban J connectivity index is 2.40. The molecule has 110 valence electrons. The molecule has 2 aromatic rings. The van der Waals surface area contributed by atoms with Crippen molar-refractivity contribution in [3.63, 3.8) is 0 Å². The first-order valence-electron chi connectivity index (χ1n) is 5.68. The zero-order valence-corrected chi connectivity index (χ0v) is 12.1. The normalized spacial score (nSPS) is 11.1. The molecule has 2 aromatic carbocycles. The lowest BCUT2D eigenvalue weighted by Crippen LogP contribution is -2.16. The fourth-order valence-electron chi connectivity index (χ4n) is 1.65. The number of nitrogens with two attached hydrogens (primary N) is 1. The number of carbonyl (C=O) groups is 1. The van der Waals surface area contributed by atoms with Crippen molar-refractivity contribution < 1.29 is 17.6 Å². The molecule has 0 aliphatic heterocycles. The summed E-state index contributed by atoms with van der Waals surface area (Å²) in [6, 6.07) is 8.78. The minimum absolute atomic E-state index is 0.0367. The molecule has 1 amide bonds. The van der Waals surface area contributed by atoms with Gasteiger partial charge in [0.05, 0.1) is 10.6 Å². The molecule has 0 saturated heterocycles. The highest BCUT2D eigenvalue weighted by molar-refractivity contribution is 7.92. The number of carbonyl (C=O) groups excluding carboxylic acids is 1. The van der Waals surface area contributed by atoms with Gasteiger partial charge in [-0.15, -0.1) is 0 Å². The minimum atomic E-state index is -4.12. The number of sulfonamides is 1. The summed E-state index contributed by atoms with van der Waals surface area (Å²) >= 11 is 5.77. The lowest BCUT2D eigenvalue weighted by molar-refractivity contribution is 0.100. The van der Waals surface area contributed by atoms with Crippen LogP contribution >= 0.6 is 11.6 Å². The summed E-state index contributed by atoms with van der Waals surface area (Å²) in [6.07, 6.45) is 0. The van der Waals surface area contributed by atoms with Crippen molar-refractivity contribution in [2.45, 2.75) is 4.90 Å². The van der Waals surface area contributed by atoms with Gasteiger partial charge < -0.3 is 5.73 Å². The van der Waals surface area contributed by atoms with Crippen LogP contribution < -0.4 is 10.5 Å². The van der Waals surface area contributed by atoms with E-state index >= 15 is 0 Å². The zero-order valence-electron chi connectivity index (χ0n) is 10.5. The summed E-state index contributed by atoms with van der Waals surface area (Å²) < 4.78 is 39.9. The Kier molecular flexibility index (Phi) is 4.15. The van der Waals surface area contributed by atoms with E-state index < -0.39 is 26.6 Å². The van der Waals surface area contributed by atoms with E-state index in [4.69, 9.17) is 17.3 Å². The fraction of sp³-hybridized carbons (Fsp3) is 0. The molecule has 0 spiro atoms. The molecule has 0 aliphatic carbocycles. The van der Waals surface area contributed by atoms with E-state index in [-0.39, 0.29) is 16.3 Å². The molecule has 8 heteroatoms. The van der Waals surface area contributed by atoms with Crippen molar-refractivity contribution in [2.75, 3.05) is 4.72 Å². The third-order valence-corrected chi connectivity index (χ3v) is 4.35. The quantitative estimate of drug-likeness (QED) is 0.903. The smallest absolute Gasteiger partial charge is 0.264 e. The van der Waals surface area contributed by atoms with Crippen molar-refractivity contribution in [3.05, 3.63) is 58.9 Å². The van der Waals surface area contributed by atoms with E-state index in [1.165, 1.54) is 30.3 Å². The molecule has 0 fully saturated rings. The molecule has 2 rings (SSSR count).